The summed E-state index contributed by atoms with van der Waals surface area (Å²) in [5.41, 5.74) is -0.983. The number of benzene rings is 1. The molecular weight excluding hydrogens is 206 g/mol. The lowest BCUT2D eigenvalue weighted by Gasteiger charge is -2.18. The highest BCUT2D eigenvalue weighted by Gasteiger charge is 2.20. The van der Waals surface area contributed by atoms with Gasteiger partial charge in [-0.3, -0.25) is 0 Å². The molecule has 0 atom stereocenters. The molecule has 0 amide bonds. The fraction of sp³-hybridized carbons (Fsp3) is 0.400. The molecule has 0 saturated carbocycles. The minimum atomic E-state index is -1.22. The van der Waals surface area contributed by atoms with Gasteiger partial charge in [0.05, 0.1) is 10.5 Å². The van der Waals surface area contributed by atoms with Crippen molar-refractivity contribution in [1.82, 2.24) is 0 Å². The van der Waals surface area contributed by atoms with Crippen molar-refractivity contribution in [2.45, 2.75) is 24.3 Å². The van der Waals surface area contributed by atoms with Gasteiger partial charge in [0.1, 0.15) is 11.6 Å². The Labute approximate surface area is 86.1 Å². The Morgan fingerprint density at radius 3 is 1.93 bits per heavy atom. The predicted octanol–water partition coefficient (Wildman–Crippen LogP) is 2.91. The molecule has 78 valence electrons. The van der Waals surface area contributed by atoms with Crippen molar-refractivity contribution in [1.29, 1.82) is 0 Å². The highest BCUT2D eigenvalue weighted by molar-refractivity contribution is 7.98. The third-order valence-corrected chi connectivity index (χ3v) is 2.71. The Morgan fingerprint density at radius 2 is 1.64 bits per heavy atom. The van der Waals surface area contributed by atoms with Gasteiger partial charge in [0.15, 0.2) is 0 Å². The van der Waals surface area contributed by atoms with Gasteiger partial charge >= 0.3 is 0 Å². The maximum absolute atomic E-state index is 13.3. The van der Waals surface area contributed by atoms with E-state index in [1.165, 1.54) is 13.8 Å². The van der Waals surface area contributed by atoms with E-state index in [2.05, 4.69) is 0 Å². The Hall–Kier alpha value is -0.610. The van der Waals surface area contributed by atoms with Gasteiger partial charge in [-0.2, -0.15) is 0 Å². The van der Waals surface area contributed by atoms with Crippen LogP contribution >= 0.6 is 11.8 Å². The minimum Gasteiger partial charge on any atom is -0.386 e. The first-order valence-electron chi connectivity index (χ1n) is 4.12. The van der Waals surface area contributed by atoms with Crippen molar-refractivity contribution in [3.05, 3.63) is 29.3 Å². The summed E-state index contributed by atoms with van der Waals surface area (Å²) in [5, 5.41) is 9.56. The molecular formula is C10H12F2OS. The summed E-state index contributed by atoms with van der Waals surface area (Å²) in [4.78, 5) is -0.0157. The number of aliphatic hydroxyl groups is 1. The van der Waals surface area contributed by atoms with Crippen molar-refractivity contribution >= 4 is 11.8 Å². The summed E-state index contributed by atoms with van der Waals surface area (Å²) in [6.07, 6.45) is 1.60. The van der Waals surface area contributed by atoms with Crippen LogP contribution in [0.2, 0.25) is 0 Å². The summed E-state index contributed by atoms with van der Waals surface area (Å²) in [6, 6.07) is 2.32. The quantitative estimate of drug-likeness (QED) is 0.770. The molecule has 0 aliphatic carbocycles. The molecule has 0 aliphatic rings. The summed E-state index contributed by atoms with van der Waals surface area (Å²) in [7, 11) is 0. The van der Waals surface area contributed by atoms with Crippen molar-refractivity contribution in [2.75, 3.05) is 6.26 Å². The third kappa shape index (κ3) is 2.25. The van der Waals surface area contributed by atoms with Gasteiger partial charge in [0, 0.05) is 0 Å². The van der Waals surface area contributed by atoms with Crippen LogP contribution in [0.3, 0.4) is 0 Å². The SMILES string of the molecule is CSc1c(F)cc(C(C)(C)O)cc1F. The van der Waals surface area contributed by atoms with Gasteiger partial charge in [-0.05, 0) is 37.8 Å². The van der Waals surface area contributed by atoms with Crippen LogP contribution in [0.25, 0.3) is 0 Å². The molecule has 0 radical (unpaired) electrons. The van der Waals surface area contributed by atoms with Crippen molar-refractivity contribution in [2.24, 2.45) is 0 Å². The number of halogens is 2. The van der Waals surface area contributed by atoms with Crippen LogP contribution in [0, 0.1) is 11.6 Å². The highest BCUT2D eigenvalue weighted by atomic mass is 32.2. The molecule has 0 bridgehead atoms. The highest BCUT2D eigenvalue weighted by Crippen LogP contribution is 2.28. The zero-order valence-electron chi connectivity index (χ0n) is 8.27. The zero-order chi connectivity index (χ0) is 10.9. The van der Waals surface area contributed by atoms with Crippen molar-refractivity contribution < 1.29 is 13.9 Å². The van der Waals surface area contributed by atoms with Crippen LogP contribution in [0.1, 0.15) is 19.4 Å². The van der Waals surface area contributed by atoms with E-state index in [0.29, 0.717) is 0 Å². The monoisotopic (exact) mass is 218 g/mol. The fourth-order valence-corrected chi connectivity index (χ4v) is 1.62. The number of rotatable bonds is 2. The van der Waals surface area contributed by atoms with Gasteiger partial charge in [-0.25, -0.2) is 8.78 Å². The van der Waals surface area contributed by atoms with Crippen molar-refractivity contribution in [3.8, 4) is 0 Å². The lowest BCUT2D eigenvalue weighted by atomic mass is 9.98. The summed E-state index contributed by atoms with van der Waals surface area (Å²) in [5.74, 6) is -1.26. The molecule has 0 aliphatic heterocycles. The normalized spacial score (nSPS) is 11.9. The van der Waals surface area contributed by atoms with Gasteiger partial charge in [-0.1, -0.05) is 0 Å². The maximum atomic E-state index is 13.3. The number of hydrogen-bond donors (Lipinski definition) is 1. The molecule has 0 fully saturated rings. The van der Waals surface area contributed by atoms with Crippen molar-refractivity contribution in [3.63, 3.8) is 0 Å². The Bertz CT molecular complexity index is 321. The molecule has 14 heavy (non-hydrogen) atoms. The van der Waals surface area contributed by atoms with Crippen LogP contribution in [-0.4, -0.2) is 11.4 Å². The maximum Gasteiger partial charge on any atom is 0.140 e. The summed E-state index contributed by atoms with van der Waals surface area (Å²) in [6.45, 7) is 2.97. The van der Waals surface area contributed by atoms with Gasteiger partial charge in [-0.15, -0.1) is 11.8 Å². The molecule has 1 N–H and O–H groups in total. The van der Waals surface area contributed by atoms with E-state index in [0.717, 1.165) is 23.9 Å². The van der Waals surface area contributed by atoms with Gasteiger partial charge in [0.2, 0.25) is 0 Å². The minimum absolute atomic E-state index is 0.0157. The van der Waals surface area contributed by atoms with E-state index < -0.39 is 17.2 Å². The molecule has 4 heteroatoms. The Balaban J connectivity index is 3.28. The van der Waals surface area contributed by atoms with E-state index in [1.54, 1.807) is 6.26 Å². The molecule has 0 aromatic heterocycles. The molecule has 1 rings (SSSR count). The number of hydrogen-bond acceptors (Lipinski definition) is 2. The molecule has 0 heterocycles. The lowest BCUT2D eigenvalue weighted by molar-refractivity contribution is 0.0777. The second-order valence-corrected chi connectivity index (χ2v) is 4.35. The predicted molar refractivity (Wildman–Crippen MR) is 53.4 cm³/mol. The van der Waals surface area contributed by atoms with E-state index in [-0.39, 0.29) is 10.5 Å². The Morgan fingerprint density at radius 1 is 1.21 bits per heavy atom. The first-order chi connectivity index (χ1) is 6.36. The average molecular weight is 218 g/mol. The zero-order valence-corrected chi connectivity index (χ0v) is 9.08. The third-order valence-electron chi connectivity index (χ3n) is 1.91. The molecule has 1 aromatic carbocycles. The van der Waals surface area contributed by atoms with E-state index >= 15 is 0 Å². The van der Waals surface area contributed by atoms with E-state index in [9.17, 15) is 13.9 Å². The fourth-order valence-electron chi connectivity index (χ4n) is 1.11. The average Bonchev–Trinajstić information content (AvgIpc) is 2.01. The summed E-state index contributed by atoms with van der Waals surface area (Å²) < 4.78 is 26.5. The van der Waals surface area contributed by atoms with Crippen LogP contribution in [-0.2, 0) is 5.60 Å². The van der Waals surface area contributed by atoms with Crippen LogP contribution in [0.4, 0.5) is 8.78 Å². The Kier molecular flexibility index (Phi) is 3.17. The lowest BCUT2D eigenvalue weighted by Crippen LogP contribution is -2.16. The topological polar surface area (TPSA) is 20.2 Å². The largest absolute Gasteiger partial charge is 0.386 e. The van der Waals surface area contributed by atoms with Crippen LogP contribution < -0.4 is 0 Å². The standard InChI is InChI=1S/C10H12F2OS/c1-10(2,13)6-4-7(11)9(14-3)8(12)5-6/h4-5,13H,1-3H3. The number of thioether (sulfide) groups is 1. The first kappa shape index (κ1) is 11.5. The van der Waals surface area contributed by atoms with Crippen LogP contribution in [0.5, 0.6) is 0 Å². The first-order valence-corrected chi connectivity index (χ1v) is 5.34. The summed E-state index contributed by atoms with van der Waals surface area (Å²) >= 11 is 1.01. The van der Waals surface area contributed by atoms with E-state index in [1.807, 2.05) is 0 Å². The molecule has 1 aromatic rings. The molecule has 0 saturated heterocycles. The van der Waals surface area contributed by atoms with E-state index in [4.69, 9.17) is 0 Å². The second-order valence-electron chi connectivity index (χ2n) is 3.53. The molecule has 1 nitrogen and oxygen atoms in total. The molecule has 0 spiro atoms. The smallest absolute Gasteiger partial charge is 0.140 e. The van der Waals surface area contributed by atoms with Gasteiger partial charge < -0.3 is 5.11 Å². The van der Waals surface area contributed by atoms with Crippen LogP contribution in [0.15, 0.2) is 17.0 Å². The second kappa shape index (κ2) is 3.87. The van der Waals surface area contributed by atoms with Gasteiger partial charge in [0.25, 0.3) is 0 Å². The molecule has 0 unspecified atom stereocenters.